The highest BCUT2D eigenvalue weighted by atomic mass is 35.5. The van der Waals surface area contributed by atoms with E-state index in [0.29, 0.717) is 22.2 Å². The first-order valence-corrected chi connectivity index (χ1v) is 9.64. The molecular formula is C15H17ClN2O5S2. The van der Waals surface area contributed by atoms with E-state index in [9.17, 15) is 13.2 Å². The summed E-state index contributed by atoms with van der Waals surface area (Å²) in [5.74, 6) is 0.268. The Morgan fingerprint density at radius 3 is 2.36 bits per heavy atom. The zero-order valence-corrected chi connectivity index (χ0v) is 16.4. The van der Waals surface area contributed by atoms with Gasteiger partial charge in [-0.3, -0.25) is 4.79 Å². The van der Waals surface area contributed by atoms with Crippen molar-refractivity contribution in [3.05, 3.63) is 33.5 Å². The number of anilines is 1. The van der Waals surface area contributed by atoms with Gasteiger partial charge in [0.2, 0.25) is 10.0 Å². The summed E-state index contributed by atoms with van der Waals surface area (Å²) in [6, 6.07) is 4.38. The summed E-state index contributed by atoms with van der Waals surface area (Å²) in [4.78, 5) is 12.7. The molecule has 0 atom stereocenters. The zero-order valence-electron chi connectivity index (χ0n) is 14.0. The largest absolute Gasteiger partial charge is 0.495 e. The van der Waals surface area contributed by atoms with Crippen LogP contribution in [0.3, 0.4) is 0 Å². The van der Waals surface area contributed by atoms with Crippen LogP contribution in [0.25, 0.3) is 0 Å². The molecule has 0 saturated heterocycles. The first kappa shape index (κ1) is 19.5. The number of rotatable bonds is 6. The molecule has 0 aliphatic rings. The highest BCUT2D eigenvalue weighted by Gasteiger charge is 2.22. The lowest BCUT2D eigenvalue weighted by molar-refractivity contribution is 0.103. The second-order valence-corrected chi connectivity index (χ2v) is 8.55. The smallest absolute Gasteiger partial charge is 0.265 e. The van der Waals surface area contributed by atoms with Gasteiger partial charge in [0.25, 0.3) is 5.91 Å². The van der Waals surface area contributed by atoms with E-state index in [1.54, 1.807) is 0 Å². The standard InChI is InChI=1S/C15H17ClN2O5S2/c1-18(2)25(20,21)9-5-14(24-8-9)15(19)17-11-7-12(22-3)10(16)6-13(11)23-4/h5-8H,1-4H3,(H,17,19). The minimum Gasteiger partial charge on any atom is -0.495 e. The Bertz CT molecular complexity index is 893. The Hall–Kier alpha value is -1.81. The SMILES string of the molecule is COc1cc(NC(=O)c2cc(S(=O)(=O)N(C)C)cs2)c(OC)cc1Cl. The van der Waals surface area contributed by atoms with E-state index in [0.717, 1.165) is 15.6 Å². The Kier molecular flexibility index (Phi) is 5.94. The van der Waals surface area contributed by atoms with Gasteiger partial charge in [-0.2, -0.15) is 0 Å². The third-order valence-electron chi connectivity index (χ3n) is 3.30. The number of amides is 1. The molecule has 1 N–H and O–H groups in total. The summed E-state index contributed by atoms with van der Waals surface area (Å²) >= 11 is 7.06. The molecule has 0 fully saturated rings. The molecule has 7 nitrogen and oxygen atoms in total. The lowest BCUT2D eigenvalue weighted by atomic mass is 10.2. The topological polar surface area (TPSA) is 84.9 Å². The molecule has 2 aromatic rings. The molecule has 25 heavy (non-hydrogen) atoms. The number of carbonyl (C=O) groups is 1. The molecule has 0 unspecified atom stereocenters. The predicted molar refractivity (Wildman–Crippen MR) is 97.7 cm³/mol. The maximum Gasteiger partial charge on any atom is 0.265 e. The molecule has 0 aliphatic heterocycles. The summed E-state index contributed by atoms with van der Waals surface area (Å²) in [7, 11) is 2.17. The van der Waals surface area contributed by atoms with E-state index in [1.807, 2.05) is 0 Å². The van der Waals surface area contributed by atoms with Crippen LogP contribution >= 0.6 is 22.9 Å². The number of thiophene rings is 1. The maximum atomic E-state index is 12.4. The quantitative estimate of drug-likeness (QED) is 0.800. The Labute approximate surface area is 155 Å². The van der Waals surface area contributed by atoms with Crippen LogP contribution in [-0.2, 0) is 10.0 Å². The Morgan fingerprint density at radius 2 is 1.80 bits per heavy atom. The number of hydrogen-bond acceptors (Lipinski definition) is 6. The number of carbonyl (C=O) groups excluding carboxylic acids is 1. The fourth-order valence-corrected chi connectivity index (χ4v) is 4.21. The minimum absolute atomic E-state index is 0.0632. The predicted octanol–water partition coefficient (Wildman–Crippen LogP) is 2.92. The van der Waals surface area contributed by atoms with Crippen molar-refractivity contribution in [1.29, 1.82) is 0 Å². The highest BCUT2D eigenvalue weighted by Crippen LogP contribution is 2.36. The fraction of sp³-hybridized carbons (Fsp3) is 0.267. The van der Waals surface area contributed by atoms with Gasteiger partial charge in [-0.25, -0.2) is 12.7 Å². The van der Waals surface area contributed by atoms with Crippen molar-refractivity contribution in [3.63, 3.8) is 0 Å². The lowest BCUT2D eigenvalue weighted by Gasteiger charge is -2.12. The zero-order chi connectivity index (χ0) is 18.8. The van der Waals surface area contributed by atoms with Crippen molar-refractivity contribution in [3.8, 4) is 11.5 Å². The molecule has 0 bridgehead atoms. The summed E-state index contributed by atoms with van der Waals surface area (Å²) in [6.07, 6.45) is 0. The molecule has 0 radical (unpaired) electrons. The lowest BCUT2D eigenvalue weighted by Crippen LogP contribution is -2.21. The average molecular weight is 405 g/mol. The maximum absolute atomic E-state index is 12.4. The van der Waals surface area contributed by atoms with Crippen molar-refractivity contribution < 1.29 is 22.7 Å². The van der Waals surface area contributed by atoms with Crippen molar-refractivity contribution in [2.45, 2.75) is 4.90 Å². The number of benzene rings is 1. The Morgan fingerprint density at radius 1 is 1.16 bits per heavy atom. The van der Waals surface area contributed by atoms with Crippen molar-refractivity contribution in [2.75, 3.05) is 33.6 Å². The highest BCUT2D eigenvalue weighted by molar-refractivity contribution is 7.89. The van der Waals surface area contributed by atoms with E-state index < -0.39 is 15.9 Å². The van der Waals surface area contributed by atoms with Crippen LogP contribution in [0.1, 0.15) is 9.67 Å². The van der Waals surface area contributed by atoms with Crippen LogP contribution in [0.15, 0.2) is 28.5 Å². The molecule has 1 heterocycles. The van der Waals surface area contributed by atoms with Crippen LogP contribution in [-0.4, -0.2) is 46.9 Å². The van der Waals surface area contributed by atoms with E-state index in [1.165, 1.54) is 51.9 Å². The molecule has 1 aromatic carbocycles. The minimum atomic E-state index is -3.59. The number of nitrogens with zero attached hydrogens (tertiary/aromatic N) is 1. The van der Waals surface area contributed by atoms with Crippen LogP contribution in [0.2, 0.25) is 5.02 Å². The molecule has 0 saturated carbocycles. The van der Waals surface area contributed by atoms with Crippen molar-refractivity contribution in [1.82, 2.24) is 4.31 Å². The first-order chi connectivity index (χ1) is 11.7. The summed E-state index contributed by atoms with van der Waals surface area (Å²) in [5, 5.41) is 4.43. The van der Waals surface area contributed by atoms with Gasteiger partial charge in [-0.05, 0) is 6.07 Å². The van der Waals surface area contributed by atoms with E-state index >= 15 is 0 Å². The van der Waals surface area contributed by atoms with Gasteiger partial charge in [0.15, 0.2) is 0 Å². The third-order valence-corrected chi connectivity index (χ3v) is 6.47. The summed E-state index contributed by atoms with van der Waals surface area (Å²) < 4.78 is 35.6. The first-order valence-electron chi connectivity index (χ1n) is 6.94. The molecule has 10 heteroatoms. The fourth-order valence-electron chi connectivity index (χ4n) is 1.93. The van der Waals surface area contributed by atoms with Gasteiger partial charge < -0.3 is 14.8 Å². The van der Waals surface area contributed by atoms with Gasteiger partial charge in [0.1, 0.15) is 11.5 Å². The number of nitrogens with one attached hydrogen (secondary N) is 1. The van der Waals surface area contributed by atoms with Gasteiger partial charge in [-0.1, -0.05) is 11.6 Å². The van der Waals surface area contributed by atoms with E-state index in [4.69, 9.17) is 21.1 Å². The van der Waals surface area contributed by atoms with E-state index in [-0.39, 0.29) is 9.77 Å². The molecule has 1 amide bonds. The molecule has 0 spiro atoms. The average Bonchev–Trinajstić information content (AvgIpc) is 3.06. The Balaban J connectivity index is 2.31. The number of methoxy groups -OCH3 is 2. The van der Waals surface area contributed by atoms with Gasteiger partial charge in [-0.15, -0.1) is 11.3 Å². The van der Waals surface area contributed by atoms with E-state index in [2.05, 4.69) is 5.32 Å². The normalized spacial score (nSPS) is 11.4. The molecule has 136 valence electrons. The molecule has 2 rings (SSSR count). The number of halogens is 1. The van der Waals surface area contributed by atoms with Crippen molar-refractivity contribution in [2.24, 2.45) is 0 Å². The summed E-state index contributed by atoms with van der Waals surface area (Å²) in [6.45, 7) is 0. The van der Waals surface area contributed by atoms with Crippen LogP contribution in [0.4, 0.5) is 5.69 Å². The molecular weight excluding hydrogens is 388 g/mol. The second-order valence-electron chi connectivity index (χ2n) is 5.08. The molecule has 0 aliphatic carbocycles. The number of sulfonamides is 1. The number of ether oxygens (including phenoxy) is 2. The van der Waals surface area contributed by atoms with Crippen molar-refractivity contribution >= 4 is 44.6 Å². The number of hydrogen-bond donors (Lipinski definition) is 1. The van der Waals surface area contributed by atoms with Crippen LogP contribution in [0, 0.1) is 0 Å². The van der Waals surface area contributed by atoms with Gasteiger partial charge >= 0.3 is 0 Å². The third kappa shape index (κ3) is 4.06. The monoisotopic (exact) mass is 404 g/mol. The van der Waals surface area contributed by atoms with Crippen LogP contribution in [0.5, 0.6) is 11.5 Å². The van der Waals surface area contributed by atoms with Crippen LogP contribution < -0.4 is 14.8 Å². The summed E-state index contributed by atoms with van der Waals surface area (Å²) in [5.41, 5.74) is 0.360. The van der Waals surface area contributed by atoms with Gasteiger partial charge in [0.05, 0.1) is 34.7 Å². The van der Waals surface area contributed by atoms with Gasteiger partial charge in [0, 0.05) is 31.6 Å². The second kappa shape index (κ2) is 7.61. The molecule has 1 aromatic heterocycles.